The van der Waals surface area contributed by atoms with Gasteiger partial charge in [0.25, 0.3) is 0 Å². The maximum Gasteiger partial charge on any atom is 0.222 e. The Balaban J connectivity index is 3.65. The zero-order valence-corrected chi connectivity index (χ0v) is 32.8. The van der Waals surface area contributed by atoms with E-state index in [9.17, 15) is 20.1 Å². The third kappa shape index (κ3) is 35.9. The van der Waals surface area contributed by atoms with Gasteiger partial charge in [0.05, 0.1) is 31.3 Å². The summed E-state index contributed by atoms with van der Waals surface area (Å²) >= 11 is 0. The van der Waals surface area contributed by atoms with E-state index < -0.39 is 18.2 Å². The molecule has 0 saturated carbocycles. The van der Waals surface area contributed by atoms with E-state index >= 15 is 0 Å². The van der Waals surface area contributed by atoms with Crippen LogP contribution in [0, 0.1) is 0 Å². The van der Waals surface area contributed by atoms with Crippen molar-refractivity contribution < 1.29 is 20.1 Å². The van der Waals surface area contributed by atoms with Gasteiger partial charge >= 0.3 is 0 Å². The number of aliphatic hydroxyl groups is 3. The molecule has 0 spiro atoms. The molecule has 5 heteroatoms. The van der Waals surface area contributed by atoms with Crippen LogP contribution in [0.3, 0.4) is 0 Å². The number of rotatable bonds is 37. The van der Waals surface area contributed by atoms with Crippen LogP contribution in [0.1, 0.15) is 194 Å². The standard InChI is InChI=1S/C45H81NO4/c1-3-5-7-9-11-13-15-16-17-18-19-20-21-22-23-24-25-26-27-28-29-30-32-34-36-38-42(48)40-45(50)46-43(41-47)44(49)39-37-35-33-31-14-12-10-8-6-4-2/h6,8,14,19-20,22-23,31,37,39,42-44,47-49H,3-5,7,9-13,15-18,21,24-30,32-36,38,40-41H2,1-2H3,(H,46,50)/b8-6+,20-19-,23-22-,31-14+,39-37+. The predicted octanol–water partition coefficient (Wildman–Crippen LogP) is 11.9. The van der Waals surface area contributed by atoms with Crippen molar-refractivity contribution in [2.45, 2.75) is 212 Å². The minimum absolute atomic E-state index is 0.00351. The molecule has 3 atom stereocenters. The molecule has 0 rings (SSSR count). The second kappa shape index (κ2) is 39.8. The molecular formula is C45H81NO4. The van der Waals surface area contributed by atoms with Gasteiger partial charge in [-0.3, -0.25) is 4.79 Å². The predicted molar refractivity (Wildman–Crippen MR) is 217 cm³/mol. The Morgan fingerprint density at radius 2 is 0.980 bits per heavy atom. The molecule has 4 N–H and O–H groups in total. The summed E-state index contributed by atoms with van der Waals surface area (Å²) in [5.74, 6) is -0.337. The monoisotopic (exact) mass is 700 g/mol. The van der Waals surface area contributed by atoms with Crippen molar-refractivity contribution in [1.29, 1.82) is 0 Å². The molecule has 0 aromatic carbocycles. The van der Waals surface area contributed by atoms with Crippen LogP contribution in [-0.2, 0) is 4.79 Å². The fourth-order valence-electron chi connectivity index (χ4n) is 6.05. The molecule has 0 aliphatic carbocycles. The summed E-state index contributed by atoms with van der Waals surface area (Å²) in [6.45, 7) is 4.06. The van der Waals surface area contributed by atoms with Gasteiger partial charge in [0, 0.05) is 0 Å². The average Bonchev–Trinajstić information content (AvgIpc) is 3.11. The highest BCUT2D eigenvalue weighted by Gasteiger charge is 2.20. The van der Waals surface area contributed by atoms with Crippen LogP contribution in [-0.4, -0.2) is 46.1 Å². The maximum atomic E-state index is 12.4. The molecule has 0 aromatic heterocycles. The second-order valence-corrected chi connectivity index (χ2v) is 14.2. The number of carbonyl (C=O) groups is 1. The maximum absolute atomic E-state index is 12.4. The highest BCUT2D eigenvalue weighted by atomic mass is 16.3. The Morgan fingerprint density at radius 1 is 0.540 bits per heavy atom. The largest absolute Gasteiger partial charge is 0.394 e. The third-order valence-electron chi connectivity index (χ3n) is 9.27. The van der Waals surface area contributed by atoms with Gasteiger partial charge in [-0.15, -0.1) is 0 Å². The van der Waals surface area contributed by atoms with E-state index in [1.54, 1.807) is 6.08 Å². The van der Waals surface area contributed by atoms with Gasteiger partial charge in [0.2, 0.25) is 5.91 Å². The Labute approximate surface area is 309 Å². The molecule has 290 valence electrons. The molecule has 0 saturated heterocycles. The van der Waals surface area contributed by atoms with E-state index in [1.165, 1.54) is 116 Å². The summed E-state index contributed by atoms with van der Waals surface area (Å²) in [5.41, 5.74) is 0. The van der Waals surface area contributed by atoms with E-state index in [-0.39, 0.29) is 18.9 Å². The van der Waals surface area contributed by atoms with E-state index in [2.05, 4.69) is 67.8 Å². The first-order valence-electron chi connectivity index (χ1n) is 21.1. The van der Waals surface area contributed by atoms with Crippen LogP contribution < -0.4 is 5.32 Å². The zero-order valence-electron chi connectivity index (χ0n) is 32.8. The lowest BCUT2D eigenvalue weighted by molar-refractivity contribution is -0.124. The first-order valence-corrected chi connectivity index (χ1v) is 21.1. The lowest BCUT2D eigenvalue weighted by atomic mass is 10.0. The molecule has 3 unspecified atom stereocenters. The normalized spacial score (nSPS) is 14.3. The van der Waals surface area contributed by atoms with Gasteiger partial charge in [-0.2, -0.15) is 0 Å². The molecule has 50 heavy (non-hydrogen) atoms. The summed E-state index contributed by atoms with van der Waals surface area (Å²) in [7, 11) is 0. The van der Waals surface area contributed by atoms with Crippen molar-refractivity contribution in [2.75, 3.05) is 6.61 Å². The van der Waals surface area contributed by atoms with E-state index in [1.807, 2.05) is 6.08 Å². The Bertz CT molecular complexity index is 861. The Hall–Kier alpha value is -1.95. The summed E-state index contributed by atoms with van der Waals surface area (Å²) in [6.07, 6.45) is 52.3. The number of hydrogen-bond acceptors (Lipinski definition) is 4. The fraction of sp³-hybridized carbons (Fsp3) is 0.756. The van der Waals surface area contributed by atoms with Crippen molar-refractivity contribution >= 4 is 5.91 Å². The molecular weight excluding hydrogens is 618 g/mol. The van der Waals surface area contributed by atoms with Crippen molar-refractivity contribution in [3.05, 3.63) is 60.8 Å². The minimum Gasteiger partial charge on any atom is -0.394 e. The Kier molecular flexibility index (Phi) is 38.3. The molecule has 5 nitrogen and oxygen atoms in total. The van der Waals surface area contributed by atoms with Crippen molar-refractivity contribution in [3.8, 4) is 0 Å². The van der Waals surface area contributed by atoms with E-state index in [0.29, 0.717) is 6.42 Å². The minimum atomic E-state index is -0.961. The summed E-state index contributed by atoms with van der Waals surface area (Å²) in [4.78, 5) is 12.4. The molecule has 0 aliphatic heterocycles. The van der Waals surface area contributed by atoms with Crippen LogP contribution in [0.5, 0.6) is 0 Å². The number of nitrogens with one attached hydrogen (secondary N) is 1. The molecule has 0 heterocycles. The van der Waals surface area contributed by atoms with Crippen LogP contribution >= 0.6 is 0 Å². The van der Waals surface area contributed by atoms with Gasteiger partial charge in [-0.1, -0.05) is 177 Å². The first kappa shape index (κ1) is 48.0. The SMILES string of the molecule is CC/C=C/CC/C=C/CC/C=C/C(O)C(CO)NC(=O)CC(O)CCCCCCCCCCC/C=C\C/C=C\CCCCCCCCCCC. The van der Waals surface area contributed by atoms with Crippen LogP contribution in [0.4, 0.5) is 0 Å². The molecule has 0 aromatic rings. The molecule has 0 bridgehead atoms. The highest BCUT2D eigenvalue weighted by Crippen LogP contribution is 2.14. The van der Waals surface area contributed by atoms with Crippen molar-refractivity contribution in [3.63, 3.8) is 0 Å². The lowest BCUT2D eigenvalue weighted by Gasteiger charge is -2.21. The molecule has 0 radical (unpaired) electrons. The molecule has 1 amide bonds. The molecule has 0 aliphatic rings. The van der Waals surface area contributed by atoms with Gasteiger partial charge in [-0.05, 0) is 70.6 Å². The number of carbonyl (C=O) groups excluding carboxylic acids is 1. The topological polar surface area (TPSA) is 89.8 Å². The number of allylic oxidation sites excluding steroid dienone is 9. The van der Waals surface area contributed by atoms with E-state index in [4.69, 9.17) is 0 Å². The summed E-state index contributed by atoms with van der Waals surface area (Å²) in [5, 5.41) is 33.0. The van der Waals surface area contributed by atoms with Gasteiger partial charge < -0.3 is 20.6 Å². The summed E-state index contributed by atoms with van der Waals surface area (Å²) < 4.78 is 0. The molecule has 0 fully saturated rings. The van der Waals surface area contributed by atoms with Crippen molar-refractivity contribution in [1.82, 2.24) is 5.32 Å². The van der Waals surface area contributed by atoms with Crippen LogP contribution in [0.2, 0.25) is 0 Å². The first-order chi connectivity index (χ1) is 24.5. The number of amides is 1. The third-order valence-corrected chi connectivity index (χ3v) is 9.27. The summed E-state index contributed by atoms with van der Waals surface area (Å²) in [6, 6.07) is -0.769. The highest BCUT2D eigenvalue weighted by molar-refractivity contribution is 5.76. The van der Waals surface area contributed by atoms with Gasteiger partial charge in [-0.25, -0.2) is 0 Å². The average molecular weight is 700 g/mol. The van der Waals surface area contributed by atoms with Crippen molar-refractivity contribution in [2.24, 2.45) is 0 Å². The smallest absolute Gasteiger partial charge is 0.222 e. The van der Waals surface area contributed by atoms with Crippen LogP contribution in [0.15, 0.2) is 60.8 Å². The Morgan fingerprint density at radius 3 is 1.48 bits per heavy atom. The van der Waals surface area contributed by atoms with Crippen LogP contribution in [0.25, 0.3) is 0 Å². The second-order valence-electron chi connectivity index (χ2n) is 14.2. The number of unbranched alkanes of at least 4 members (excludes halogenated alkanes) is 20. The quantitative estimate of drug-likeness (QED) is 0.0384. The van der Waals surface area contributed by atoms with Gasteiger partial charge in [0.15, 0.2) is 0 Å². The fourth-order valence-corrected chi connectivity index (χ4v) is 6.05. The van der Waals surface area contributed by atoms with Gasteiger partial charge in [0.1, 0.15) is 0 Å². The lowest BCUT2D eigenvalue weighted by Crippen LogP contribution is -2.45. The number of hydrogen-bond donors (Lipinski definition) is 4. The zero-order chi connectivity index (χ0) is 36.6. The van der Waals surface area contributed by atoms with E-state index in [0.717, 1.165) is 51.4 Å². The number of aliphatic hydroxyl groups excluding tert-OH is 3.